The van der Waals surface area contributed by atoms with Gasteiger partial charge in [-0.15, -0.1) is 11.3 Å². The van der Waals surface area contributed by atoms with Crippen molar-refractivity contribution >= 4 is 46.8 Å². The fourth-order valence-electron chi connectivity index (χ4n) is 6.70. The summed E-state index contributed by atoms with van der Waals surface area (Å²) in [5.74, 6) is -2.75. The Morgan fingerprint density at radius 3 is 2.28 bits per heavy atom. The van der Waals surface area contributed by atoms with Crippen LogP contribution in [0.5, 0.6) is 0 Å². The summed E-state index contributed by atoms with van der Waals surface area (Å²) in [6, 6.07) is 5.21. The molecule has 14 nitrogen and oxygen atoms in total. The Bertz CT molecular complexity index is 1570. The van der Waals surface area contributed by atoms with E-state index in [2.05, 4.69) is 15.6 Å². The first-order valence-electron chi connectivity index (χ1n) is 18.9. The van der Waals surface area contributed by atoms with E-state index in [1.54, 1.807) is 50.5 Å². The van der Waals surface area contributed by atoms with E-state index in [9.17, 15) is 29.1 Å². The molecule has 54 heavy (non-hydrogen) atoms. The average molecular weight is 772 g/mol. The number of aliphatic carboxylic acids is 1. The monoisotopic (exact) mass is 771 g/mol. The number of likely N-dealkylation sites (N-methyl/N-ethyl adjacent to an activating group) is 2. The number of carbonyl (C=O) groups is 5. The third-order valence-electron chi connectivity index (χ3n) is 10.4. The number of thiazole rings is 1. The number of carbonyl (C=O) groups excluding carboxylic acids is 4. The maximum absolute atomic E-state index is 14.3. The van der Waals surface area contributed by atoms with Crippen LogP contribution < -0.4 is 16.4 Å². The number of hydrogen-bond donors (Lipinski definition) is 4. The van der Waals surface area contributed by atoms with Gasteiger partial charge in [0.2, 0.25) is 11.8 Å². The number of amides is 4. The van der Waals surface area contributed by atoms with E-state index in [1.807, 2.05) is 51.8 Å². The quantitative estimate of drug-likeness (QED) is 0.153. The number of benzene rings is 1. The molecule has 3 rings (SSSR count). The zero-order chi connectivity index (χ0) is 40.3. The molecule has 1 aromatic carbocycles. The SMILES string of the molecule is CC[C@H](C)[C@H](NC(=O)[C@H]1CCCCN1C)C(=O)N(C)[C@H](C[C@@H](OC(=O)N(C)C)c1nc(C(=O)N[C@@H](Cc2ccc(N)cc2)C[C@H](C)C(=O)O)cs1)C(C)C. The van der Waals surface area contributed by atoms with Crippen LogP contribution in [0.15, 0.2) is 29.6 Å². The van der Waals surface area contributed by atoms with Crippen molar-refractivity contribution in [3.8, 4) is 0 Å². The van der Waals surface area contributed by atoms with Crippen molar-refractivity contribution in [2.75, 3.05) is 40.5 Å². The first-order chi connectivity index (χ1) is 25.4. The highest BCUT2D eigenvalue weighted by Gasteiger charge is 2.37. The molecule has 7 atom stereocenters. The maximum Gasteiger partial charge on any atom is 0.409 e. The van der Waals surface area contributed by atoms with E-state index in [1.165, 1.54) is 4.90 Å². The van der Waals surface area contributed by atoms with Crippen LogP contribution in [0, 0.1) is 17.8 Å². The van der Waals surface area contributed by atoms with Crippen molar-refractivity contribution in [1.82, 2.24) is 30.3 Å². The van der Waals surface area contributed by atoms with Gasteiger partial charge in [-0.25, -0.2) is 9.78 Å². The number of anilines is 1. The van der Waals surface area contributed by atoms with Gasteiger partial charge >= 0.3 is 12.1 Å². The Hall–Kier alpha value is -4.24. The summed E-state index contributed by atoms with van der Waals surface area (Å²) in [6.45, 7) is 10.3. The fraction of sp³-hybridized carbons (Fsp3) is 0.641. The van der Waals surface area contributed by atoms with E-state index in [-0.39, 0.29) is 48.2 Å². The van der Waals surface area contributed by atoms with Crippen LogP contribution in [0.4, 0.5) is 10.5 Å². The lowest BCUT2D eigenvalue weighted by Crippen LogP contribution is -2.58. The maximum atomic E-state index is 14.3. The van der Waals surface area contributed by atoms with Crippen LogP contribution in [0.2, 0.25) is 0 Å². The molecule has 0 bridgehead atoms. The van der Waals surface area contributed by atoms with Gasteiger partial charge in [-0.2, -0.15) is 0 Å². The molecule has 4 amide bonds. The number of rotatable bonds is 18. The van der Waals surface area contributed by atoms with Crippen LogP contribution >= 0.6 is 11.3 Å². The Labute approximate surface area is 324 Å². The molecular weight excluding hydrogens is 711 g/mol. The molecule has 2 aromatic rings. The van der Waals surface area contributed by atoms with Crippen molar-refractivity contribution in [3.63, 3.8) is 0 Å². The number of aromatic nitrogens is 1. The number of hydrogen-bond acceptors (Lipinski definition) is 10. The van der Waals surface area contributed by atoms with Gasteiger partial charge in [0, 0.05) is 50.7 Å². The first-order valence-corrected chi connectivity index (χ1v) is 19.8. The fourth-order valence-corrected chi connectivity index (χ4v) is 7.54. The van der Waals surface area contributed by atoms with Gasteiger partial charge < -0.3 is 36.0 Å². The highest BCUT2D eigenvalue weighted by Crippen LogP contribution is 2.31. The standard InChI is InChI=1S/C39H61N7O7S/c1-10-24(4)33(43-35(48)30-13-11-12-18-45(30)8)37(49)46(9)31(23(2)3)21-32(53-39(52)44(6)7)36-42-29(22-54-36)34(47)41-28(19-25(5)38(50)51)20-26-14-16-27(40)17-15-26/h14-17,22-25,28,30-33H,10-13,18-21,40H2,1-9H3,(H,41,47)(H,43,48)(H,50,51)/t24-,25-,28+,30+,31+,32+,33-/m0/s1. The first kappa shape index (κ1) is 44.2. The van der Waals surface area contributed by atoms with E-state index in [4.69, 9.17) is 10.5 Å². The minimum absolute atomic E-state index is 0.0784. The van der Waals surface area contributed by atoms with Crippen molar-refractivity contribution in [1.29, 1.82) is 0 Å². The van der Waals surface area contributed by atoms with Gasteiger partial charge in [0.15, 0.2) is 6.10 Å². The Balaban J connectivity index is 1.86. The molecule has 0 unspecified atom stereocenters. The predicted octanol–water partition coefficient (Wildman–Crippen LogP) is 4.80. The van der Waals surface area contributed by atoms with Crippen molar-refractivity contribution < 1.29 is 33.8 Å². The summed E-state index contributed by atoms with van der Waals surface area (Å²) in [5, 5.41) is 17.6. The Morgan fingerprint density at radius 2 is 1.70 bits per heavy atom. The van der Waals surface area contributed by atoms with Gasteiger partial charge in [-0.1, -0.05) is 59.6 Å². The lowest BCUT2D eigenvalue weighted by Gasteiger charge is -2.38. The van der Waals surface area contributed by atoms with E-state index in [0.717, 1.165) is 42.7 Å². The van der Waals surface area contributed by atoms with E-state index in [0.29, 0.717) is 23.5 Å². The number of nitrogens with zero attached hydrogens (tertiary/aromatic N) is 4. The van der Waals surface area contributed by atoms with Gasteiger partial charge in [0.05, 0.1) is 12.0 Å². The van der Waals surface area contributed by atoms with Crippen molar-refractivity contribution in [2.24, 2.45) is 17.8 Å². The molecule has 1 saturated heterocycles. The molecule has 1 aliphatic heterocycles. The molecule has 5 N–H and O–H groups in total. The highest BCUT2D eigenvalue weighted by atomic mass is 32.1. The Kier molecular flexibility index (Phi) is 16.7. The third kappa shape index (κ3) is 12.4. The summed E-state index contributed by atoms with van der Waals surface area (Å²) in [7, 11) is 6.79. The van der Waals surface area contributed by atoms with Crippen molar-refractivity contribution in [3.05, 3.63) is 45.9 Å². The van der Waals surface area contributed by atoms with E-state index >= 15 is 0 Å². The highest BCUT2D eigenvalue weighted by molar-refractivity contribution is 7.09. The second-order valence-electron chi connectivity index (χ2n) is 15.3. The predicted molar refractivity (Wildman–Crippen MR) is 210 cm³/mol. The molecule has 0 radical (unpaired) electrons. The van der Waals surface area contributed by atoms with Crippen molar-refractivity contribution in [2.45, 2.75) is 110 Å². The summed E-state index contributed by atoms with van der Waals surface area (Å²) in [4.78, 5) is 75.6. The molecule has 2 heterocycles. The normalized spacial score (nSPS) is 18.1. The molecule has 1 aromatic heterocycles. The molecule has 1 aliphatic rings. The Morgan fingerprint density at radius 1 is 1.04 bits per heavy atom. The summed E-state index contributed by atoms with van der Waals surface area (Å²) < 4.78 is 5.95. The number of nitrogen functional groups attached to an aromatic ring is 1. The molecule has 1 fully saturated rings. The van der Waals surface area contributed by atoms with E-state index < -0.39 is 48.1 Å². The van der Waals surface area contributed by atoms with Gasteiger partial charge in [0.1, 0.15) is 16.7 Å². The van der Waals surface area contributed by atoms with Crippen LogP contribution in [-0.2, 0) is 25.5 Å². The summed E-state index contributed by atoms with van der Waals surface area (Å²) in [5.41, 5.74) is 7.42. The number of ether oxygens (including phenoxy) is 1. The third-order valence-corrected chi connectivity index (χ3v) is 11.4. The minimum atomic E-state index is -0.967. The van der Waals surface area contributed by atoms with Crippen LogP contribution in [0.25, 0.3) is 0 Å². The zero-order valence-electron chi connectivity index (χ0n) is 33.3. The summed E-state index contributed by atoms with van der Waals surface area (Å²) in [6.07, 6.45) is 2.68. The largest absolute Gasteiger partial charge is 0.481 e. The van der Waals surface area contributed by atoms with Crippen LogP contribution in [0.3, 0.4) is 0 Å². The molecule has 0 aliphatic carbocycles. The molecule has 300 valence electrons. The molecular formula is C39H61N7O7S. The molecule has 0 spiro atoms. The second-order valence-corrected chi connectivity index (χ2v) is 16.2. The molecule has 0 saturated carbocycles. The number of nitrogens with two attached hydrogens (primary N) is 1. The number of likely N-dealkylation sites (tertiary alicyclic amines) is 1. The lowest BCUT2D eigenvalue weighted by molar-refractivity contribution is -0.141. The second kappa shape index (κ2) is 20.4. The molecule has 15 heteroatoms. The number of carboxylic acids is 1. The van der Waals surface area contributed by atoms with Gasteiger partial charge in [-0.3, -0.25) is 24.1 Å². The number of carboxylic acid groups (broad SMARTS) is 1. The van der Waals surface area contributed by atoms with Gasteiger partial charge in [0.25, 0.3) is 5.91 Å². The topological polar surface area (TPSA) is 188 Å². The average Bonchev–Trinajstić information content (AvgIpc) is 3.62. The zero-order valence-corrected chi connectivity index (χ0v) is 34.2. The van der Waals surface area contributed by atoms with Gasteiger partial charge in [-0.05, 0) is 68.8 Å². The smallest absolute Gasteiger partial charge is 0.409 e. The summed E-state index contributed by atoms with van der Waals surface area (Å²) >= 11 is 1.16. The lowest BCUT2D eigenvalue weighted by atomic mass is 9.92. The number of piperidine rings is 1. The van der Waals surface area contributed by atoms with Crippen LogP contribution in [-0.4, -0.2) is 113 Å². The van der Waals surface area contributed by atoms with Crippen LogP contribution in [0.1, 0.15) is 100 Å². The number of nitrogens with one attached hydrogen (secondary N) is 2. The minimum Gasteiger partial charge on any atom is -0.481 e.